The van der Waals surface area contributed by atoms with Gasteiger partial charge in [0.25, 0.3) is 0 Å². The third-order valence-electron chi connectivity index (χ3n) is 6.72. The highest BCUT2D eigenvalue weighted by Crippen LogP contribution is 2.07. The number of hydrogen-bond acceptors (Lipinski definition) is 14. The van der Waals surface area contributed by atoms with E-state index in [4.69, 9.17) is 17.2 Å². The van der Waals surface area contributed by atoms with Gasteiger partial charge in [0.2, 0.25) is 41.4 Å². The smallest absolute Gasteiger partial charge is 0.327 e. The van der Waals surface area contributed by atoms with Crippen molar-refractivity contribution in [2.75, 3.05) is 42.6 Å². The lowest BCUT2D eigenvalue weighted by Gasteiger charge is -2.27. The molecular weight excluding hydrogens is 751 g/mol. The molecule has 6 unspecified atom stereocenters. The van der Waals surface area contributed by atoms with Gasteiger partial charge in [0.15, 0.2) is 5.96 Å². The monoisotopic (exact) mass is 799 g/mol. The van der Waals surface area contributed by atoms with Gasteiger partial charge in [-0.25, -0.2) is 4.79 Å². The Balaban J connectivity index is 5.71. The molecule has 290 valence electrons. The zero-order valence-corrected chi connectivity index (χ0v) is 31.7. The van der Waals surface area contributed by atoms with E-state index in [-0.39, 0.29) is 54.9 Å². The number of carboxylic acids is 1. The van der Waals surface area contributed by atoms with Crippen LogP contribution in [-0.4, -0.2) is 137 Å². The van der Waals surface area contributed by atoms with Gasteiger partial charge in [-0.05, 0) is 18.8 Å². The van der Waals surface area contributed by atoms with Crippen molar-refractivity contribution in [3.8, 4) is 0 Å². The van der Waals surface area contributed by atoms with Gasteiger partial charge in [-0.2, -0.15) is 50.5 Å². The molecule has 0 aromatic carbocycles. The first-order valence-corrected chi connectivity index (χ1v) is 18.0. The van der Waals surface area contributed by atoms with Crippen LogP contribution in [0.25, 0.3) is 0 Å². The Bertz CT molecular complexity index is 1260. The number of aliphatic carboxylic acids is 1. The van der Waals surface area contributed by atoms with Crippen LogP contribution in [0, 0.1) is 5.92 Å². The highest BCUT2D eigenvalue weighted by atomic mass is 32.1. The number of hydrogen-bond donors (Lipinski definition) is 15. The summed E-state index contributed by atoms with van der Waals surface area (Å²) >= 11 is 16.1. The van der Waals surface area contributed by atoms with Gasteiger partial charge in [0.05, 0.1) is 13.1 Å². The molecule has 0 radical (unpaired) electrons. The Hall–Kier alpha value is -3.61. The fourth-order valence-electron chi connectivity index (χ4n) is 3.92. The maximum Gasteiger partial charge on any atom is 0.327 e. The predicted molar refractivity (Wildman–Crippen MR) is 201 cm³/mol. The minimum Gasteiger partial charge on any atom is -0.480 e. The second-order valence-electron chi connectivity index (χ2n) is 11.1. The second kappa shape index (κ2) is 25.4. The van der Waals surface area contributed by atoms with Crippen molar-refractivity contribution < 1.29 is 43.5 Å². The Labute approximate surface area is 317 Å². The lowest BCUT2D eigenvalue weighted by atomic mass is 10.0. The molecule has 7 amide bonds. The number of carbonyl (C=O) groups excluding carboxylic acids is 7. The maximum atomic E-state index is 13.4. The van der Waals surface area contributed by atoms with Crippen molar-refractivity contribution in [2.24, 2.45) is 28.1 Å². The van der Waals surface area contributed by atoms with Crippen molar-refractivity contribution in [3.05, 3.63) is 0 Å². The largest absolute Gasteiger partial charge is 0.480 e. The van der Waals surface area contributed by atoms with Gasteiger partial charge < -0.3 is 59.5 Å². The van der Waals surface area contributed by atoms with Crippen LogP contribution in [0.1, 0.15) is 26.7 Å². The molecule has 0 aliphatic carbocycles. The summed E-state index contributed by atoms with van der Waals surface area (Å²) in [6.45, 7) is 2.39. The molecule has 0 bridgehead atoms. The van der Waals surface area contributed by atoms with Crippen LogP contribution in [0.3, 0.4) is 0 Å². The lowest BCUT2D eigenvalue weighted by molar-refractivity contribution is -0.142. The molecule has 0 aromatic rings. The van der Waals surface area contributed by atoms with Gasteiger partial charge in [-0.1, -0.05) is 13.8 Å². The number of thiol groups is 4. The number of aliphatic imine (C=N–C) groups is 1. The van der Waals surface area contributed by atoms with E-state index in [2.05, 4.69) is 92.7 Å². The Kier molecular flexibility index (Phi) is 23.6. The summed E-state index contributed by atoms with van der Waals surface area (Å²) in [5.74, 6) is -8.18. The molecule has 6 atom stereocenters. The quantitative estimate of drug-likeness (QED) is 0.0188. The molecule has 0 saturated heterocycles. The lowest BCUT2D eigenvalue weighted by Crippen LogP contribution is -2.60. The summed E-state index contributed by atoms with van der Waals surface area (Å²) in [6.07, 6.45) is 0.180. The van der Waals surface area contributed by atoms with E-state index >= 15 is 0 Å². The number of nitrogens with one attached hydrogen (secondary N) is 7. The van der Waals surface area contributed by atoms with E-state index in [1.54, 1.807) is 13.8 Å². The summed E-state index contributed by atoms with van der Waals surface area (Å²) < 4.78 is 0. The first-order valence-electron chi connectivity index (χ1n) is 15.5. The zero-order chi connectivity index (χ0) is 39.3. The molecule has 0 saturated carbocycles. The fraction of sp³-hybridized carbons (Fsp3) is 0.667. The summed E-state index contributed by atoms with van der Waals surface area (Å²) in [6, 6.07) is -7.47. The van der Waals surface area contributed by atoms with Crippen LogP contribution < -0.4 is 54.4 Å². The molecular formula is C27H49N11O9S4. The summed E-state index contributed by atoms with van der Waals surface area (Å²) in [7, 11) is 0. The number of guanidine groups is 1. The maximum absolute atomic E-state index is 13.4. The van der Waals surface area contributed by atoms with E-state index in [0.29, 0.717) is 0 Å². The fourth-order valence-corrected chi connectivity index (χ4v) is 4.94. The number of amides is 7. The van der Waals surface area contributed by atoms with Crippen molar-refractivity contribution in [1.29, 1.82) is 0 Å². The molecule has 24 heteroatoms. The molecule has 51 heavy (non-hydrogen) atoms. The Morgan fingerprint density at radius 3 is 1.55 bits per heavy atom. The number of nitrogens with zero attached hydrogens (tertiary/aromatic N) is 1. The number of carboxylic acid groups (broad SMARTS) is 1. The number of carbonyl (C=O) groups is 8. The van der Waals surface area contributed by atoms with E-state index in [1.165, 1.54) is 0 Å². The predicted octanol–water partition coefficient (Wildman–Crippen LogP) is -5.52. The Morgan fingerprint density at radius 1 is 0.627 bits per heavy atom. The second-order valence-corrected chi connectivity index (χ2v) is 12.6. The van der Waals surface area contributed by atoms with Crippen LogP contribution in [-0.2, 0) is 38.4 Å². The average molecular weight is 800 g/mol. The zero-order valence-electron chi connectivity index (χ0n) is 28.1. The minimum absolute atomic E-state index is 0.0204. The summed E-state index contributed by atoms with van der Waals surface area (Å²) in [5.41, 5.74) is 15.9. The van der Waals surface area contributed by atoms with Gasteiger partial charge in [0.1, 0.15) is 36.3 Å². The molecule has 0 aliphatic rings. The molecule has 0 fully saturated rings. The van der Waals surface area contributed by atoms with Crippen molar-refractivity contribution >= 4 is 104 Å². The van der Waals surface area contributed by atoms with Gasteiger partial charge >= 0.3 is 5.97 Å². The van der Waals surface area contributed by atoms with E-state index in [0.717, 1.165) is 0 Å². The molecule has 0 aromatic heterocycles. The van der Waals surface area contributed by atoms with Crippen LogP contribution in [0.4, 0.5) is 0 Å². The van der Waals surface area contributed by atoms with Gasteiger partial charge in [-0.3, -0.25) is 38.6 Å². The average Bonchev–Trinajstić information content (AvgIpc) is 3.08. The van der Waals surface area contributed by atoms with E-state index < -0.39 is 96.0 Å². The topological polar surface area (TPSA) is 331 Å². The van der Waals surface area contributed by atoms with Gasteiger partial charge in [0, 0.05) is 29.6 Å². The van der Waals surface area contributed by atoms with Crippen molar-refractivity contribution in [1.82, 2.24) is 37.2 Å². The SMILES string of the molecule is CC(C)C(NC(=O)C(CCCN=C(N)N)NC(=O)C(CS)NC(=O)C(CS)NC(=O)CNC(=O)C(CS)NC(=O)CN)C(=O)NC(CS)C(=O)O. The highest BCUT2D eigenvalue weighted by molar-refractivity contribution is 7.80. The Morgan fingerprint density at radius 2 is 1.08 bits per heavy atom. The molecule has 0 rings (SSSR count). The first-order chi connectivity index (χ1) is 23.9. The third kappa shape index (κ3) is 18.4. The normalized spacial score (nSPS) is 14.3. The summed E-state index contributed by atoms with van der Waals surface area (Å²) in [5, 5.41) is 26.1. The summed E-state index contributed by atoms with van der Waals surface area (Å²) in [4.78, 5) is 104. The molecule has 0 spiro atoms. The van der Waals surface area contributed by atoms with E-state index in [9.17, 15) is 43.5 Å². The molecule has 14 N–H and O–H groups in total. The first kappa shape index (κ1) is 47.4. The number of rotatable bonds is 24. The molecule has 0 heterocycles. The number of nitrogens with two attached hydrogens (primary N) is 3. The van der Waals surface area contributed by atoms with Gasteiger partial charge in [-0.15, -0.1) is 0 Å². The molecule has 20 nitrogen and oxygen atoms in total. The van der Waals surface area contributed by atoms with Crippen molar-refractivity contribution in [2.45, 2.75) is 62.9 Å². The standard InChI is InChI=1S/C27H49N11O9S4/c1-12(2)20(25(45)37-17(11-51)26(46)47)38-22(42)13(4-3-5-31-27(29)30)35-24(44)16(10-50)36-23(43)15(9-49)34-19(40)7-32-21(41)14(8-48)33-18(39)6-28/h12-17,20,48-51H,3-11,28H2,1-2H3,(H,32,41)(H,33,39)(H,34,40)(H,35,44)(H,36,43)(H,37,45)(H,38,42)(H,46,47)(H4,29,30,31). The highest BCUT2D eigenvalue weighted by Gasteiger charge is 2.33. The minimum atomic E-state index is -1.33. The third-order valence-corrected chi connectivity index (χ3v) is 8.18. The van der Waals surface area contributed by atoms with Crippen LogP contribution >= 0.6 is 50.5 Å². The van der Waals surface area contributed by atoms with Crippen molar-refractivity contribution in [3.63, 3.8) is 0 Å². The van der Waals surface area contributed by atoms with Crippen LogP contribution in [0.5, 0.6) is 0 Å². The molecule has 0 aliphatic heterocycles. The van der Waals surface area contributed by atoms with Crippen LogP contribution in [0.15, 0.2) is 4.99 Å². The van der Waals surface area contributed by atoms with Crippen LogP contribution in [0.2, 0.25) is 0 Å². The van der Waals surface area contributed by atoms with E-state index in [1.807, 2.05) is 0 Å².